The van der Waals surface area contributed by atoms with Gasteiger partial charge in [-0.05, 0) is 79.2 Å². The van der Waals surface area contributed by atoms with Crippen molar-refractivity contribution in [2.24, 2.45) is 0 Å². The molecule has 5 rings (SSSR count). The Morgan fingerprint density at radius 3 is 2.29 bits per heavy atom. The summed E-state index contributed by atoms with van der Waals surface area (Å²) in [5, 5.41) is 0.926. The molecule has 4 aromatic rings. The van der Waals surface area contributed by atoms with Gasteiger partial charge in [0.05, 0.1) is 20.3 Å². The van der Waals surface area contributed by atoms with Gasteiger partial charge in [-0.1, -0.05) is 29.3 Å². The Labute approximate surface area is 204 Å². The highest BCUT2D eigenvalue weighted by Crippen LogP contribution is 2.41. The van der Waals surface area contributed by atoms with Crippen LogP contribution in [-0.4, -0.2) is 36.6 Å². The van der Waals surface area contributed by atoms with Crippen LogP contribution in [0, 0.1) is 13.8 Å². The van der Waals surface area contributed by atoms with Gasteiger partial charge in [0.2, 0.25) is 0 Å². The van der Waals surface area contributed by atoms with Crippen molar-refractivity contribution in [3.8, 4) is 11.5 Å². The molecular weight excluding hydrogens is 440 g/mol. The monoisotopic (exact) mass is 468 g/mol. The molecular formula is C29H28N2O4. The van der Waals surface area contributed by atoms with Gasteiger partial charge in [0.1, 0.15) is 0 Å². The third-order valence-electron chi connectivity index (χ3n) is 6.76. The van der Waals surface area contributed by atoms with E-state index in [0.29, 0.717) is 35.6 Å². The average Bonchev–Trinajstić information content (AvgIpc) is 2.87. The number of ether oxygens (including phenoxy) is 2. The van der Waals surface area contributed by atoms with E-state index in [2.05, 4.69) is 4.98 Å². The molecule has 3 aromatic carbocycles. The SMILES string of the molecule is COc1cc2c(cc1OC)[C@@H](c1cc3cc(C)ccc3[nH]c1=O)N(C(=O)c1ccc(C)cc1)CC2. The van der Waals surface area contributed by atoms with Crippen molar-refractivity contribution >= 4 is 16.8 Å². The second-order valence-corrected chi connectivity index (χ2v) is 9.07. The van der Waals surface area contributed by atoms with E-state index in [1.165, 1.54) is 0 Å². The molecule has 2 heterocycles. The van der Waals surface area contributed by atoms with Gasteiger partial charge in [0.15, 0.2) is 11.5 Å². The predicted octanol–water partition coefficient (Wildman–Crippen LogP) is 4.95. The number of amides is 1. The van der Waals surface area contributed by atoms with E-state index < -0.39 is 6.04 Å². The molecule has 1 aromatic heterocycles. The number of aromatic amines is 1. The fraction of sp³-hybridized carbons (Fsp3) is 0.241. The molecule has 1 amide bonds. The van der Waals surface area contributed by atoms with Gasteiger partial charge in [-0.2, -0.15) is 0 Å². The van der Waals surface area contributed by atoms with Crippen LogP contribution in [0.4, 0.5) is 0 Å². The highest BCUT2D eigenvalue weighted by Gasteiger charge is 2.35. The molecule has 6 nitrogen and oxygen atoms in total. The van der Waals surface area contributed by atoms with Crippen LogP contribution in [0.3, 0.4) is 0 Å². The molecule has 35 heavy (non-hydrogen) atoms. The van der Waals surface area contributed by atoms with Crippen molar-refractivity contribution in [1.29, 1.82) is 0 Å². The van der Waals surface area contributed by atoms with E-state index in [9.17, 15) is 9.59 Å². The zero-order valence-electron chi connectivity index (χ0n) is 20.3. The number of pyridine rings is 1. The summed E-state index contributed by atoms with van der Waals surface area (Å²) in [5.74, 6) is 1.08. The van der Waals surface area contributed by atoms with Crippen LogP contribution in [0.5, 0.6) is 11.5 Å². The molecule has 0 fully saturated rings. The van der Waals surface area contributed by atoms with Crippen molar-refractivity contribution in [3.05, 3.63) is 104 Å². The smallest absolute Gasteiger partial charge is 0.254 e. The summed E-state index contributed by atoms with van der Waals surface area (Å²) < 4.78 is 11.1. The molecule has 0 saturated carbocycles. The number of hydrogen-bond donors (Lipinski definition) is 1. The minimum atomic E-state index is -0.568. The van der Waals surface area contributed by atoms with Crippen LogP contribution in [0.15, 0.2) is 65.5 Å². The summed E-state index contributed by atoms with van der Waals surface area (Å²) in [7, 11) is 3.19. The minimum absolute atomic E-state index is 0.112. The quantitative estimate of drug-likeness (QED) is 0.460. The van der Waals surface area contributed by atoms with E-state index in [1.807, 2.05) is 74.5 Å². The molecule has 0 radical (unpaired) electrons. The Hall–Kier alpha value is -4.06. The molecule has 1 aliphatic rings. The molecule has 1 N–H and O–H groups in total. The van der Waals surface area contributed by atoms with Gasteiger partial charge in [-0.3, -0.25) is 9.59 Å². The summed E-state index contributed by atoms with van der Waals surface area (Å²) in [6.07, 6.45) is 0.647. The van der Waals surface area contributed by atoms with E-state index in [1.54, 1.807) is 19.1 Å². The van der Waals surface area contributed by atoms with Gasteiger partial charge < -0.3 is 19.4 Å². The Balaban J connectivity index is 1.73. The second kappa shape index (κ2) is 8.95. The Morgan fingerprint density at radius 1 is 0.886 bits per heavy atom. The van der Waals surface area contributed by atoms with Crippen LogP contribution < -0.4 is 15.0 Å². The van der Waals surface area contributed by atoms with Gasteiger partial charge in [0, 0.05) is 23.2 Å². The number of nitrogens with zero attached hydrogens (tertiary/aromatic N) is 1. The molecule has 0 spiro atoms. The maximum absolute atomic E-state index is 13.8. The molecule has 1 aliphatic heterocycles. The van der Waals surface area contributed by atoms with Gasteiger partial charge in [0.25, 0.3) is 11.5 Å². The molecule has 0 bridgehead atoms. The van der Waals surface area contributed by atoms with E-state index >= 15 is 0 Å². The second-order valence-electron chi connectivity index (χ2n) is 9.07. The van der Waals surface area contributed by atoms with E-state index in [4.69, 9.17) is 9.47 Å². The molecule has 0 unspecified atom stereocenters. The van der Waals surface area contributed by atoms with Crippen molar-refractivity contribution < 1.29 is 14.3 Å². The number of nitrogens with one attached hydrogen (secondary N) is 1. The third-order valence-corrected chi connectivity index (χ3v) is 6.76. The Morgan fingerprint density at radius 2 is 1.57 bits per heavy atom. The van der Waals surface area contributed by atoms with E-state index in [-0.39, 0.29) is 11.5 Å². The Bertz CT molecular complexity index is 1490. The fourth-order valence-corrected chi connectivity index (χ4v) is 4.91. The number of H-pyrrole nitrogens is 1. The molecule has 178 valence electrons. The van der Waals surface area contributed by atoms with Crippen molar-refractivity contribution in [2.45, 2.75) is 26.3 Å². The summed E-state index contributed by atoms with van der Waals surface area (Å²) in [5.41, 5.74) is 5.75. The molecule has 0 aliphatic carbocycles. The number of aryl methyl sites for hydroxylation is 2. The normalized spacial score (nSPS) is 15.1. The highest BCUT2D eigenvalue weighted by atomic mass is 16.5. The summed E-state index contributed by atoms with van der Waals surface area (Å²) in [6.45, 7) is 4.49. The van der Waals surface area contributed by atoms with Gasteiger partial charge in [-0.15, -0.1) is 0 Å². The van der Waals surface area contributed by atoms with Crippen LogP contribution in [0.1, 0.15) is 44.2 Å². The number of carbonyl (C=O) groups excluding carboxylic acids is 1. The minimum Gasteiger partial charge on any atom is -0.493 e. The van der Waals surface area contributed by atoms with E-state index in [0.717, 1.165) is 33.2 Å². The van der Waals surface area contributed by atoms with Crippen molar-refractivity contribution in [2.75, 3.05) is 20.8 Å². The van der Waals surface area contributed by atoms with Gasteiger partial charge in [-0.25, -0.2) is 0 Å². The molecule has 1 atom stereocenters. The maximum atomic E-state index is 13.8. The van der Waals surface area contributed by atoms with Crippen LogP contribution in [-0.2, 0) is 6.42 Å². The first kappa shape index (κ1) is 22.7. The topological polar surface area (TPSA) is 71.6 Å². The van der Waals surface area contributed by atoms with Gasteiger partial charge >= 0.3 is 0 Å². The number of aromatic nitrogens is 1. The summed E-state index contributed by atoms with van der Waals surface area (Å²) in [4.78, 5) is 32.0. The number of benzene rings is 3. The Kier molecular flexibility index (Phi) is 5.81. The lowest BCUT2D eigenvalue weighted by Gasteiger charge is -2.38. The first-order valence-corrected chi connectivity index (χ1v) is 11.7. The number of methoxy groups -OCH3 is 2. The fourth-order valence-electron chi connectivity index (χ4n) is 4.91. The number of rotatable bonds is 4. The lowest BCUT2D eigenvalue weighted by molar-refractivity contribution is 0.0693. The largest absolute Gasteiger partial charge is 0.493 e. The van der Waals surface area contributed by atoms with Crippen molar-refractivity contribution in [1.82, 2.24) is 9.88 Å². The predicted molar refractivity (Wildman–Crippen MR) is 137 cm³/mol. The average molecular weight is 469 g/mol. The highest BCUT2D eigenvalue weighted by molar-refractivity contribution is 5.95. The zero-order valence-corrected chi connectivity index (χ0v) is 20.3. The lowest BCUT2D eigenvalue weighted by atomic mass is 9.87. The lowest BCUT2D eigenvalue weighted by Crippen LogP contribution is -2.42. The first-order chi connectivity index (χ1) is 16.9. The summed E-state index contributed by atoms with van der Waals surface area (Å²) in [6, 6.07) is 18.7. The number of fused-ring (bicyclic) bond motifs is 2. The van der Waals surface area contributed by atoms with Crippen LogP contribution in [0.2, 0.25) is 0 Å². The van der Waals surface area contributed by atoms with Crippen LogP contribution >= 0.6 is 0 Å². The number of carbonyl (C=O) groups is 1. The summed E-state index contributed by atoms with van der Waals surface area (Å²) >= 11 is 0. The molecule has 6 heteroatoms. The van der Waals surface area contributed by atoms with Crippen LogP contribution in [0.25, 0.3) is 10.9 Å². The zero-order chi connectivity index (χ0) is 24.7. The first-order valence-electron chi connectivity index (χ1n) is 11.7. The number of hydrogen-bond acceptors (Lipinski definition) is 4. The molecule has 0 saturated heterocycles. The maximum Gasteiger partial charge on any atom is 0.254 e. The van der Waals surface area contributed by atoms with Crippen molar-refractivity contribution in [3.63, 3.8) is 0 Å². The standard InChI is InChI=1S/C29H28N2O4/c1-17-5-8-19(9-6-17)29(33)31-12-11-20-15-25(34-3)26(35-4)16-22(20)27(31)23-14-21-13-18(2)7-10-24(21)30-28(23)32/h5-10,13-16,27H,11-12H2,1-4H3,(H,30,32)/t27-/m0/s1. The third kappa shape index (κ3) is 4.05.